The number of benzene rings is 2. The van der Waals surface area contributed by atoms with Gasteiger partial charge >= 0.3 is 0 Å². The van der Waals surface area contributed by atoms with Crippen LogP contribution in [0.4, 0.5) is 0 Å². The zero-order valence-electron chi connectivity index (χ0n) is 14.7. The first-order chi connectivity index (χ1) is 11.6. The van der Waals surface area contributed by atoms with Crippen LogP contribution in [0.2, 0.25) is 0 Å². The van der Waals surface area contributed by atoms with Gasteiger partial charge in [0.05, 0.1) is 6.61 Å². The Morgan fingerprint density at radius 3 is 2.04 bits per heavy atom. The summed E-state index contributed by atoms with van der Waals surface area (Å²) in [5.41, 5.74) is 1.47. The molecule has 1 heterocycles. The summed E-state index contributed by atoms with van der Waals surface area (Å²) in [7, 11) is 1.75. The summed E-state index contributed by atoms with van der Waals surface area (Å²) in [6.07, 6.45) is 1.68. The predicted octanol–water partition coefficient (Wildman–Crippen LogP) is 4.51. The van der Waals surface area contributed by atoms with E-state index in [1.807, 2.05) is 43.3 Å². The fraction of sp³-hybridized carbons (Fsp3) is 0.429. The van der Waals surface area contributed by atoms with E-state index in [9.17, 15) is 0 Å². The highest BCUT2D eigenvalue weighted by molar-refractivity contribution is 5.38. The van der Waals surface area contributed by atoms with E-state index in [1.54, 1.807) is 7.11 Å². The third kappa shape index (κ3) is 3.00. The standard InChI is InChI=1S/C21H26O3/c1-4-15-20(2)23-16-19(24-20)21(22-3,17-11-7-5-8-12-17)18-13-9-6-10-14-18/h5-14,19H,4,15-16H2,1-3H3/t19-,20?/m1/s1. The summed E-state index contributed by atoms with van der Waals surface area (Å²) in [6.45, 7) is 4.67. The molecular weight excluding hydrogens is 300 g/mol. The van der Waals surface area contributed by atoms with Gasteiger partial charge in [0.15, 0.2) is 5.79 Å². The summed E-state index contributed by atoms with van der Waals surface area (Å²) in [4.78, 5) is 0. The number of hydrogen-bond donors (Lipinski definition) is 0. The molecule has 24 heavy (non-hydrogen) atoms. The minimum atomic E-state index is -0.686. The van der Waals surface area contributed by atoms with Crippen LogP contribution < -0.4 is 0 Å². The van der Waals surface area contributed by atoms with Gasteiger partial charge < -0.3 is 14.2 Å². The van der Waals surface area contributed by atoms with Gasteiger partial charge in [0.25, 0.3) is 0 Å². The molecule has 0 radical (unpaired) electrons. The molecule has 0 bridgehead atoms. The maximum Gasteiger partial charge on any atom is 0.166 e. The van der Waals surface area contributed by atoms with Crippen LogP contribution in [-0.2, 0) is 19.8 Å². The van der Waals surface area contributed by atoms with Gasteiger partial charge in [-0.15, -0.1) is 0 Å². The fourth-order valence-corrected chi connectivity index (χ4v) is 3.68. The number of ether oxygens (including phenoxy) is 3. The Morgan fingerprint density at radius 2 is 1.58 bits per heavy atom. The molecular formula is C21H26O3. The first-order valence-corrected chi connectivity index (χ1v) is 8.62. The highest BCUT2D eigenvalue weighted by Gasteiger charge is 2.50. The van der Waals surface area contributed by atoms with Crippen molar-refractivity contribution >= 4 is 0 Å². The molecule has 1 aliphatic heterocycles. The van der Waals surface area contributed by atoms with Gasteiger partial charge in [-0.25, -0.2) is 0 Å². The molecule has 0 saturated carbocycles. The summed E-state index contributed by atoms with van der Waals surface area (Å²) in [5.74, 6) is -0.549. The molecule has 0 spiro atoms. The van der Waals surface area contributed by atoms with Gasteiger partial charge in [0, 0.05) is 13.5 Å². The topological polar surface area (TPSA) is 27.7 Å². The number of methoxy groups -OCH3 is 1. The second kappa shape index (κ2) is 7.06. The Bertz CT molecular complexity index is 601. The molecule has 0 N–H and O–H groups in total. The summed E-state index contributed by atoms with van der Waals surface area (Å²) in [5, 5.41) is 0. The van der Waals surface area contributed by atoms with Gasteiger partial charge in [-0.3, -0.25) is 0 Å². The minimum Gasteiger partial charge on any atom is -0.366 e. The molecule has 1 fully saturated rings. The van der Waals surface area contributed by atoms with Crippen molar-refractivity contribution in [2.24, 2.45) is 0 Å². The van der Waals surface area contributed by atoms with Crippen molar-refractivity contribution in [3.8, 4) is 0 Å². The van der Waals surface area contributed by atoms with Crippen LogP contribution in [0.5, 0.6) is 0 Å². The highest BCUT2D eigenvalue weighted by atomic mass is 16.8. The monoisotopic (exact) mass is 326 g/mol. The summed E-state index contributed by atoms with van der Waals surface area (Å²) < 4.78 is 18.6. The van der Waals surface area contributed by atoms with E-state index in [1.165, 1.54) is 0 Å². The van der Waals surface area contributed by atoms with Gasteiger partial charge in [-0.1, -0.05) is 74.0 Å². The molecule has 1 unspecified atom stereocenters. The van der Waals surface area contributed by atoms with Gasteiger partial charge in [0.2, 0.25) is 0 Å². The number of hydrogen-bond acceptors (Lipinski definition) is 3. The van der Waals surface area contributed by atoms with Crippen LogP contribution in [0.15, 0.2) is 60.7 Å². The van der Waals surface area contributed by atoms with E-state index in [4.69, 9.17) is 14.2 Å². The average Bonchev–Trinajstić information content (AvgIpc) is 3.01. The fourth-order valence-electron chi connectivity index (χ4n) is 3.68. The smallest absolute Gasteiger partial charge is 0.166 e. The van der Waals surface area contributed by atoms with Crippen LogP contribution in [0.3, 0.4) is 0 Å². The lowest BCUT2D eigenvalue weighted by Gasteiger charge is -2.38. The highest BCUT2D eigenvalue weighted by Crippen LogP contribution is 2.43. The molecule has 1 saturated heterocycles. The molecule has 2 aromatic rings. The maximum absolute atomic E-state index is 6.41. The van der Waals surface area contributed by atoms with E-state index in [-0.39, 0.29) is 6.10 Å². The molecule has 128 valence electrons. The Morgan fingerprint density at radius 1 is 1.04 bits per heavy atom. The van der Waals surface area contributed by atoms with Crippen LogP contribution in [0, 0.1) is 0 Å². The first-order valence-electron chi connectivity index (χ1n) is 8.62. The Labute approximate surface area is 144 Å². The largest absolute Gasteiger partial charge is 0.366 e. The Kier molecular flexibility index (Phi) is 5.04. The van der Waals surface area contributed by atoms with Crippen molar-refractivity contribution in [1.29, 1.82) is 0 Å². The van der Waals surface area contributed by atoms with Gasteiger partial charge in [0.1, 0.15) is 11.7 Å². The first kappa shape index (κ1) is 17.2. The van der Waals surface area contributed by atoms with Crippen molar-refractivity contribution in [2.75, 3.05) is 13.7 Å². The van der Waals surface area contributed by atoms with Crippen molar-refractivity contribution in [3.05, 3.63) is 71.8 Å². The zero-order valence-corrected chi connectivity index (χ0v) is 14.7. The van der Waals surface area contributed by atoms with E-state index < -0.39 is 11.4 Å². The van der Waals surface area contributed by atoms with Crippen LogP contribution in [-0.4, -0.2) is 25.6 Å². The molecule has 2 aromatic carbocycles. The van der Waals surface area contributed by atoms with Gasteiger partial charge in [-0.2, -0.15) is 0 Å². The van der Waals surface area contributed by atoms with Crippen molar-refractivity contribution in [1.82, 2.24) is 0 Å². The molecule has 0 amide bonds. The lowest BCUT2D eigenvalue weighted by atomic mass is 9.81. The summed E-state index contributed by atoms with van der Waals surface area (Å²) >= 11 is 0. The third-order valence-electron chi connectivity index (χ3n) is 4.82. The second-order valence-electron chi connectivity index (χ2n) is 6.47. The molecule has 0 aliphatic carbocycles. The van der Waals surface area contributed by atoms with Crippen molar-refractivity contribution in [3.63, 3.8) is 0 Å². The second-order valence-corrected chi connectivity index (χ2v) is 6.47. The van der Waals surface area contributed by atoms with Crippen LogP contribution in [0.25, 0.3) is 0 Å². The van der Waals surface area contributed by atoms with E-state index in [0.717, 1.165) is 24.0 Å². The number of rotatable bonds is 6. The zero-order chi connectivity index (χ0) is 17.0. The lowest BCUT2D eigenvalue weighted by Crippen LogP contribution is -2.45. The normalized spacial score (nSPS) is 24.2. The SMILES string of the molecule is CCCC1(C)OC[C@H](C(OC)(c2ccccc2)c2ccccc2)O1. The van der Waals surface area contributed by atoms with Crippen molar-refractivity contribution < 1.29 is 14.2 Å². The van der Waals surface area contributed by atoms with E-state index >= 15 is 0 Å². The van der Waals surface area contributed by atoms with Crippen LogP contribution >= 0.6 is 0 Å². The molecule has 0 aromatic heterocycles. The van der Waals surface area contributed by atoms with E-state index in [0.29, 0.717) is 6.61 Å². The Balaban J connectivity index is 2.07. The quantitative estimate of drug-likeness (QED) is 0.782. The molecule has 1 aliphatic rings. The molecule has 3 rings (SSSR count). The minimum absolute atomic E-state index is 0.205. The van der Waals surface area contributed by atoms with Crippen molar-refractivity contribution in [2.45, 2.75) is 44.2 Å². The molecule has 2 atom stereocenters. The molecule has 3 nitrogen and oxygen atoms in total. The molecule has 3 heteroatoms. The maximum atomic E-state index is 6.41. The van der Waals surface area contributed by atoms with E-state index in [2.05, 4.69) is 31.2 Å². The average molecular weight is 326 g/mol. The van der Waals surface area contributed by atoms with Gasteiger partial charge in [-0.05, 0) is 18.1 Å². The Hall–Kier alpha value is -1.68. The third-order valence-corrected chi connectivity index (χ3v) is 4.82. The predicted molar refractivity (Wildman–Crippen MR) is 94.8 cm³/mol. The lowest BCUT2D eigenvalue weighted by molar-refractivity contribution is -0.185. The van der Waals surface area contributed by atoms with Crippen LogP contribution in [0.1, 0.15) is 37.8 Å². The summed E-state index contributed by atoms with van der Waals surface area (Å²) in [6, 6.07) is 20.5.